The van der Waals surface area contributed by atoms with Gasteiger partial charge in [-0.1, -0.05) is 20.8 Å². The summed E-state index contributed by atoms with van der Waals surface area (Å²) in [6, 6.07) is 0. The minimum absolute atomic E-state index is 0.0882. The first-order valence-corrected chi connectivity index (χ1v) is 9.06. The number of rotatable bonds is 8. The first-order chi connectivity index (χ1) is 11.3. The van der Waals surface area contributed by atoms with E-state index in [4.69, 9.17) is 14.2 Å². The summed E-state index contributed by atoms with van der Waals surface area (Å²) in [6.45, 7) is 8.85. The first kappa shape index (κ1) is 19.2. The summed E-state index contributed by atoms with van der Waals surface area (Å²) in [5, 5.41) is 9.81. The zero-order chi connectivity index (χ0) is 17.9. The van der Waals surface area contributed by atoms with Crippen molar-refractivity contribution in [3.05, 3.63) is 0 Å². The van der Waals surface area contributed by atoms with Crippen molar-refractivity contribution in [1.29, 1.82) is 0 Å². The predicted octanol–water partition coefficient (Wildman–Crippen LogP) is 2.84. The van der Waals surface area contributed by atoms with Crippen molar-refractivity contribution >= 4 is 11.9 Å². The molecule has 0 saturated carbocycles. The molecule has 0 aromatic carbocycles. The van der Waals surface area contributed by atoms with Crippen LogP contribution in [0, 0.1) is 23.7 Å². The largest absolute Gasteiger partial charge is 0.481 e. The van der Waals surface area contributed by atoms with E-state index in [1.807, 2.05) is 20.8 Å². The lowest BCUT2D eigenvalue weighted by Gasteiger charge is -2.32. The normalized spacial score (nSPS) is 31.7. The molecule has 1 N–H and O–H groups in total. The number of carbonyl (C=O) groups is 2. The molecule has 0 aromatic heterocycles. The van der Waals surface area contributed by atoms with E-state index >= 15 is 0 Å². The smallest absolute Gasteiger partial charge is 0.309 e. The molecule has 0 bridgehead atoms. The molecule has 2 rings (SSSR count). The molecule has 2 fully saturated rings. The Bertz CT molecular complexity index is 456. The van der Waals surface area contributed by atoms with Gasteiger partial charge in [0, 0.05) is 12.3 Å². The Morgan fingerprint density at radius 3 is 2.46 bits per heavy atom. The Morgan fingerprint density at radius 1 is 1.33 bits per heavy atom. The minimum atomic E-state index is -0.852. The highest BCUT2D eigenvalue weighted by atomic mass is 16.7. The van der Waals surface area contributed by atoms with E-state index in [2.05, 4.69) is 0 Å². The summed E-state index contributed by atoms with van der Waals surface area (Å²) >= 11 is 0. The third-order valence-corrected chi connectivity index (χ3v) is 5.70. The number of cyclic esters (lactones) is 1. The summed E-state index contributed by atoms with van der Waals surface area (Å²) in [4.78, 5) is 23.9. The molecule has 2 heterocycles. The van der Waals surface area contributed by atoms with Crippen LogP contribution in [0.3, 0.4) is 0 Å². The fraction of sp³-hybridized carbons (Fsp3) is 0.889. The maximum absolute atomic E-state index is 12.0. The van der Waals surface area contributed by atoms with Gasteiger partial charge in [0.2, 0.25) is 0 Å². The number of aliphatic carboxylic acids is 1. The van der Waals surface area contributed by atoms with Gasteiger partial charge in [-0.05, 0) is 32.1 Å². The first-order valence-electron chi connectivity index (χ1n) is 9.06. The van der Waals surface area contributed by atoms with Crippen molar-refractivity contribution in [3.63, 3.8) is 0 Å². The molecule has 2 aliphatic heterocycles. The minimum Gasteiger partial charge on any atom is -0.481 e. The molecule has 0 aromatic rings. The molecule has 0 radical (unpaired) electrons. The summed E-state index contributed by atoms with van der Waals surface area (Å²) in [5.74, 6) is -2.99. The Morgan fingerprint density at radius 2 is 1.96 bits per heavy atom. The zero-order valence-corrected chi connectivity index (χ0v) is 15.1. The molecule has 0 amide bonds. The number of ether oxygens (including phenoxy) is 3. The van der Waals surface area contributed by atoms with E-state index in [9.17, 15) is 14.7 Å². The van der Waals surface area contributed by atoms with Gasteiger partial charge in [-0.2, -0.15) is 0 Å². The molecule has 6 heteroatoms. The second-order valence-electron chi connectivity index (χ2n) is 7.08. The highest BCUT2D eigenvalue weighted by Gasteiger charge is 2.49. The average molecular weight is 342 g/mol. The number of carbonyl (C=O) groups excluding carboxylic acids is 1. The second kappa shape index (κ2) is 7.83. The van der Waals surface area contributed by atoms with Crippen LogP contribution in [-0.4, -0.2) is 42.1 Å². The molecule has 138 valence electrons. The van der Waals surface area contributed by atoms with Crippen molar-refractivity contribution in [2.75, 3.05) is 13.2 Å². The van der Waals surface area contributed by atoms with E-state index in [1.165, 1.54) is 0 Å². The summed E-state index contributed by atoms with van der Waals surface area (Å²) in [6.07, 6.45) is 2.34. The third kappa shape index (κ3) is 3.75. The summed E-state index contributed by atoms with van der Waals surface area (Å²) in [7, 11) is 0. The van der Waals surface area contributed by atoms with Gasteiger partial charge >= 0.3 is 11.9 Å². The van der Waals surface area contributed by atoms with Crippen molar-refractivity contribution in [3.8, 4) is 0 Å². The monoisotopic (exact) mass is 342 g/mol. The summed E-state index contributed by atoms with van der Waals surface area (Å²) < 4.78 is 16.8. The third-order valence-electron chi connectivity index (χ3n) is 5.70. The van der Waals surface area contributed by atoms with Crippen LogP contribution in [0.25, 0.3) is 0 Å². The molecule has 2 saturated heterocycles. The predicted molar refractivity (Wildman–Crippen MR) is 87.3 cm³/mol. The molecular formula is C18H30O6. The quantitative estimate of drug-likeness (QED) is 0.683. The van der Waals surface area contributed by atoms with Crippen LogP contribution < -0.4 is 0 Å². The van der Waals surface area contributed by atoms with Crippen LogP contribution in [0.4, 0.5) is 0 Å². The number of hydrogen-bond acceptors (Lipinski definition) is 5. The van der Waals surface area contributed by atoms with Gasteiger partial charge in [0.25, 0.3) is 0 Å². The highest BCUT2D eigenvalue weighted by molar-refractivity contribution is 5.78. The number of carboxylic acids is 1. The molecule has 0 aliphatic carbocycles. The van der Waals surface area contributed by atoms with E-state index in [0.29, 0.717) is 32.5 Å². The van der Waals surface area contributed by atoms with Crippen molar-refractivity contribution in [1.82, 2.24) is 0 Å². The van der Waals surface area contributed by atoms with Gasteiger partial charge in [0.1, 0.15) is 6.10 Å². The standard InChI is InChI=1S/C18H30O6/c1-5-13-15(12(4)24-17(13)21)14(16(19)20)11(3)7-8-18(6-2)22-9-10-23-18/h11-15H,5-10H2,1-4H3,(H,19,20)/t11?,12-,13-,14+,15-/m1/s1. The van der Waals surface area contributed by atoms with Gasteiger partial charge < -0.3 is 19.3 Å². The van der Waals surface area contributed by atoms with E-state index in [1.54, 1.807) is 6.92 Å². The van der Waals surface area contributed by atoms with E-state index in [0.717, 1.165) is 6.42 Å². The number of carboxylic acid groups (broad SMARTS) is 1. The molecule has 24 heavy (non-hydrogen) atoms. The lowest BCUT2D eigenvalue weighted by Crippen LogP contribution is -2.38. The van der Waals surface area contributed by atoms with Gasteiger partial charge in [-0.25, -0.2) is 0 Å². The Kier molecular flexibility index (Phi) is 6.26. The lowest BCUT2D eigenvalue weighted by molar-refractivity contribution is -0.168. The van der Waals surface area contributed by atoms with E-state index in [-0.39, 0.29) is 29.8 Å². The molecule has 6 nitrogen and oxygen atoms in total. The number of esters is 1. The van der Waals surface area contributed by atoms with Crippen LogP contribution in [0.2, 0.25) is 0 Å². The molecule has 2 aliphatic rings. The van der Waals surface area contributed by atoms with E-state index < -0.39 is 17.7 Å². The maximum Gasteiger partial charge on any atom is 0.309 e. The fourth-order valence-electron chi connectivity index (χ4n) is 4.25. The Balaban J connectivity index is 2.09. The molecular weight excluding hydrogens is 312 g/mol. The van der Waals surface area contributed by atoms with Crippen molar-refractivity contribution < 1.29 is 28.9 Å². The summed E-state index contributed by atoms with van der Waals surface area (Å²) in [5.41, 5.74) is 0. The molecule has 5 atom stereocenters. The van der Waals surface area contributed by atoms with Crippen LogP contribution in [0.15, 0.2) is 0 Å². The average Bonchev–Trinajstić information content (AvgIpc) is 3.11. The maximum atomic E-state index is 12.0. The Hall–Kier alpha value is -1.14. The fourth-order valence-corrected chi connectivity index (χ4v) is 4.25. The molecule has 1 unspecified atom stereocenters. The van der Waals surface area contributed by atoms with Crippen LogP contribution in [0.1, 0.15) is 53.4 Å². The van der Waals surface area contributed by atoms with Crippen LogP contribution in [-0.2, 0) is 23.8 Å². The van der Waals surface area contributed by atoms with Gasteiger partial charge in [-0.15, -0.1) is 0 Å². The Labute approximate surface area is 143 Å². The topological polar surface area (TPSA) is 82.1 Å². The van der Waals surface area contributed by atoms with Gasteiger partial charge in [0.05, 0.1) is 25.0 Å². The highest BCUT2D eigenvalue weighted by Crippen LogP contribution is 2.41. The van der Waals surface area contributed by atoms with Crippen LogP contribution >= 0.6 is 0 Å². The SMILES string of the molecule is CC[C@H]1C(=O)O[C@H](C)[C@H]1[C@@H](C(=O)O)C(C)CCC1(CC)OCCO1. The number of hydrogen-bond donors (Lipinski definition) is 1. The second-order valence-corrected chi connectivity index (χ2v) is 7.08. The van der Waals surface area contributed by atoms with Gasteiger partial charge in [0.15, 0.2) is 5.79 Å². The lowest BCUT2D eigenvalue weighted by atomic mass is 9.72. The zero-order valence-electron chi connectivity index (χ0n) is 15.1. The van der Waals surface area contributed by atoms with Crippen molar-refractivity contribution in [2.24, 2.45) is 23.7 Å². The van der Waals surface area contributed by atoms with Gasteiger partial charge in [-0.3, -0.25) is 9.59 Å². The van der Waals surface area contributed by atoms with Crippen molar-refractivity contribution in [2.45, 2.75) is 65.3 Å². The van der Waals surface area contributed by atoms with Crippen LogP contribution in [0.5, 0.6) is 0 Å². The molecule has 0 spiro atoms.